The van der Waals surface area contributed by atoms with Crippen molar-refractivity contribution in [1.29, 1.82) is 5.41 Å². The van der Waals surface area contributed by atoms with Gasteiger partial charge in [-0.05, 0) is 60.4 Å². The summed E-state index contributed by atoms with van der Waals surface area (Å²) < 4.78 is 71.8. The van der Waals surface area contributed by atoms with Crippen LogP contribution in [0.25, 0.3) is 11.1 Å². The van der Waals surface area contributed by atoms with E-state index in [0.717, 1.165) is 5.56 Å². The third kappa shape index (κ3) is 6.24. The average molecular weight is 589 g/mol. The van der Waals surface area contributed by atoms with Crippen LogP contribution in [0.15, 0.2) is 60.1 Å². The van der Waals surface area contributed by atoms with Gasteiger partial charge in [0.2, 0.25) is 5.91 Å². The number of amidine groups is 1. The van der Waals surface area contributed by atoms with E-state index in [1.165, 1.54) is 37.3 Å². The number of hydrogen-bond donors (Lipinski definition) is 2. The number of anilines is 2. The van der Waals surface area contributed by atoms with Gasteiger partial charge in [0.15, 0.2) is 0 Å². The quantitative estimate of drug-likeness (QED) is 0.201. The lowest BCUT2D eigenvalue weighted by atomic mass is 9.92. The molecule has 0 atom stereocenters. The highest BCUT2D eigenvalue weighted by Gasteiger charge is 2.32. The Hall–Kier alpha value is -4.42. The second kappa shape index (κ2) is 11.5. The van der Waals surface area contributed by atoms with Gasteiger partial charge in [-0.1, -0.05) is 0 Å². The molecule has 0 radical (unpaired) electrons. The van der Waals surface area contributed by atoms with Gasteiger partial charge in [0, 0.05) is 73.5 Å². The lowest BCUT2D eigenvalue weighted by Gasteiger charge is -2.37. The van der Waals surface area contributed by atoms with Crippen molar-refractivity contribution in [2.75, 3.05) is 29.9 Å². The van der Waals surface area contributed by atoms with Crippen molar-refractivity contribution in [3.8, 4) is 16.9 Å². The Bertz CT molecular complexity index is 1530. The minimum Gasteiger partial charge on any atom is -0.406 e. The third-order valence-corrected chi connectivity index (χ3v) is 7.35. The molecule has 0 saturated heterocycles. The van der Waals surface area contributed by atoms with Gasteiger partial charge in [0.25, 0.3) is 6.43 Å². The van der Waals surface area contributed by atoms with E-state index in [4.69, 9.17) is 0 Å². The zero-order chi connectivity index (χ0) is 30.2. The number of alkyl halides is 5. The van der Waals surface area contributed by atoms with Crippen molar-refractivity contribution >= 4 is 23.1 Å². The lowest BCUT2D eigenvalue weighted by molar-refractivity contribution is -0.274. The van der Waals surface area contributed by atoms with E-state index in [-0.39, 0.29) is 29.6 Å². The second-order valence-electron chi connectivity index (χ2n) is 10.2. The minimum absolute atomic E-state index is 0.0655. The number of aryl methyl sites for hydroxylation is 2. The van der Waals surface area contributed by atoms with Gasteiger partial charge in [0.05, 0.1) is 12.7 Å². The maximum atomic E-state index is 14.3. The normalized spacial score (nSPS) is 15.6. The van der Waals surface area contributed by atoms with E-state index in [0.29, 0.717) is 66.1 Å². The van der Waals surface area contributed by atoms with Crippen LogP contribution in [0.5, 0.6) is 5.75 Å². The van der Waals surface area contributed by atoms with Gasteiger partial charge in [-0.2, -0.15) is 5.10 Å². The summed E-state index contributed by atoms with van der Waals surface area (Å²) >= 11 is 0. The molecule has 42 heavy (non-hydrogen) atoms. The molecule has 222 valence electrons. The highest BCUT2D eigenvalue weighted by molar-refractivity contribution is 6.10. The molecule has 13 heteroatoms. The highest BCUT2D eigenvalue weighted by atomic mass is 19.4. The summed E-state index contributed by atoms with van der Waals surface area (Å²) in [5, 5.41) is 16.5. The molecule has 0 bridgehead atoms. The molecule has 3 aromatic rings. The van der Waals surface area contributed by atoms with Crippen molar-refractivity contribution in [1.82, 2.24) is 14.7 Å². The molecule has 8 nitrogen and oxygen atoms in total. The number of amides is 1. The summed E-state index contributed by atoms with van der Waals surface area (Å²) in [6.07, 6.45) is -2.66. The number of ether oxygens (including phenoxy) is 1. The maximum absolute atomic E-state index is 14.3. The Morgan fingerprint density at radius 3 is 2.48 bits per heavy atom. The molecule has 2 N–H and O–H groups in total. The smallest absolute Gasteiger partial charge is 0.406 e. The number of fused-ring (bicyclic) bond motifs is 1. The average Bonchev–Trinajstić information content (AvgIpc) is 3.38. The maximum Gasteiger partial charge on any atom is 0.573 e. The van der Waals surface area contributed by atoms with E-state index in [1.807, 2.05) is 0 Å². The predicted molar refractivity (Wildman–Crippen MR) is 148 cm³/mol. The van der Waals surface area contributed by atoms with Crippen LogP contribution >= 0.6 is 0 Å². The van der Waals surface area contributed by atoms with E-state index in [2.05, 4.69) is 15.2 Å². The standard InChI is InChI=1S/C29H29F5N6O2/c1-17(41)39-11-9-25(37-20-5-7-21(8-6-20)42-29(32,33)34)24(16-39)28(35)40-10-3-4-18-12-22(19-14-36-38(2)15-19)23(27(30)31)13-26(18)40/h5-8,12-15,27,35,37H,3-4,9-11,16H2,1-2H3. The van der Waals surface area contributed by atoms with E-state index >= 15 is 0 Å². The first kappa shape index (κ1) is 29.1. The van der Waals surface area contributed by atoms with E-state index in [9.17, 15) is 32.2 Å². The number of carbonyl (C=O) groups excluding carboxylic acids is 1. The Balaban J connectivity index is 1.50. The van der Waals surface area contributed by atoms with Crippen molar-refractivity contribution in [2.45, 2.75) is 39.0 Å². The van der Waals surface area contributed by atoms with Gasteiger partial charge in [-0.25, -0.2) is 8.78 Å². The van der Waals surface area contributed by atoms with Gasteiger partial charge in [-0.15, -0.1) is 13.2 Å². The number of benzene rings is 2. The molecule has 0 spiro atoms. The van der Waals surface area contributed by atoms with Crippen LogP contribution in [-0.2, 0) is 18.3 Å². The summed E-state index contributed by atoms with van der Waals surface area (Å²) in [6.45, 7) is 2.35. The molecule has 5 rings (SSSR count). The highest BCUT2D eigenvalue weighted by Crippen LogP contribution is 2.40. The van der Waals surface area contributed by atoms with Crippen LogP contribution in [-0.4, -0.2) is 52.4 Å². The molecule has 0 saturated carbocycles. The summed E-state index contributed by atoms with van der Waals surface area (Å²) in [5.41, 5.74) is 3.73. The fraction of sp³-hybridized carbons (Fsp3) is 0.345. The number of halogens is 5. The van der Waals surface area contributed by atoms with Crippen LogP contribution < -0.4 is 15.0 Å². The first-order valence-corrected chi connectivity index (χ1v) is 13.3. The van der Waals surface area contributed by atoms with Crippen LogP contribution in [0.2, 0.25) is 0 Å². The van der Waals surface area contributed by atoms with E-state index < -0.39 is 12.8 Å². The SMILES string of the molecule is CC(=O)N1CCC(Nc2ccc(OC(F)(F)F)cc2)=C(C(=N)N2CCCc3cc(-c4cnn(C)c4)c(C(F)F)cc32)C1. The molecule has 0 unspecified atom stereocenters. The third-order valence-electron chi connectivity index (χ3n) is 7.35. The molecule has 0 fully saturated rings. The van der Waals surface area contributed by atoms with Gasteiger partial charge >= 0.3 is 6.36 Å². The number of carbonyl (C=O) groups is 1. The van der Waals surface area contributed by atoms with Crippen LogP contribution in [0.1, 0.15) is 37.3 Å². The first-order chi connectivity index (χ1) is 19.9. The summed E-state index contributed by atoms with van der Waals surface area (Å²) in [6, 6.07) is 8.40. The molecule has 2 aliphatic rings. The van der Waals surface area contributed by atoms with Crippen molar-refractivity contribution in [3.63, 3.8) is 0 Å². The Labute approximate surface area is 238 Å². The Morgan fingerprint density at radius 1 is 1.12 bits per heavy atom. The molecule has 1 aromatic heterocycles. The summed E-state index contributed by atoms with van der Waals surface area (Å²) in [5.74, 6) is -0.476. The van der Waals surface area contributed by atoms with Crippen molar-refractivity contribution in [2.24, 2.45) is 7.05 Å². The largest absolute Gasteiger partial charge is 0.573 e. The predicted octanol–water partition coefficient (Wildman–Crippen LogP) is 6.27. The number of nitrogens with one attached hydrogen (secondary N) is 2. The van der Waals surface area contributed by atoms with Gasteiger partial charge < -0.3 is 19.9 Å². The lowest BCUT2D eigenvalue weighted by Crippen LogP contribution is -2.44. The monoisotopic (exact) mass is 588 g/mol. The Kier molecular flexibility index (Phi) is 7.93. The topological polar surface area (TPSA) is 86.5 Å². The zero-order valence-electron chi connectivity index (χ0n) is 22.9. The first-order valence-electron chi connectivity index (χ1n) is 13.3. The molecule has 1 amide bonds. The fourth-order valence-electron chi connectivity index (χ4n) is 5.34. The van der Waals surface area contributed by atoms with Crippen LogP contribution in [0, 0.1) is 5.41 Å². The van der Waals surface area contributed by atoms with Gasteiger partial charge in [0.1, 0.15) is 11.6 Å². The second-order valence-corrected chi connectivity index (χ2v) is 10.2. The number of nitrogens with zero attached hydrogens (tertiary/aromatic N) is 4. The van der Waals surface area contributed by atoms with Crippen LogP contribution in [0.3, 0.4) is 0 Å². The van der Waals surface area contributed by atoms with Crippen molar-refractivity contribution < 1.29 is 31.5 Å². The van der Waals surface area contributed by atoms with Gasteiger partial charge in [-0.3, -0.25) is 14.9 Å². The molecule has 2 aliphatic heterocycles. The summed E-state index contributed by atoms with van der Waals surface area (Å²) in [4.78, 5) is 15.5. The zero-order valence-corrected chi connectivity index (χ0v) is 22.9. The molecular formula is C29H29F5N6O2. The molecule has 0 aliphatic carbocycles. The van der Waals surface area contributed by atoms with E-state index in [1.54, 1.807) is 40.0 Å². The Morgan fingerprint density at radius 2 is 1.86 bits per heavy atom. The molecule has 3 heterocycles. The minimum atomic E-state index is -4.81. The van der Waals surface area contributed by atoms with Crippen LogP contribution in [0.4, 0.5) is 33.3 Å². The summed E-state index contributed by atoms with van der Waals surface area (Å²) in [7, 11) is 1.71. The number of hydrogen-bond acceptors (Lipinski definition) is 5. The number of rotatable bonds is 6. The fourth-order valence-corrected chi connectivity index (χ4v) is 5.34. The number of aromatic nitrogens is 2. The van der Waals surface area contributed by atoms with Crippen molar-refractivity contribution in [3.05, 3.63) is 71.2 Å². The molecular weight excluding hydrogens is 559 g/mol. The molecule has 2 aromatic carbocycles.